The van der Waals surface area contributed by atoms with Gasteiger partial charge in [0.15, 0.2) is 6.04 Å². The molecule has 1 aliphatic heterocycles. The van der Waals surface area contributed by atoms with Crippen molar-refractivity contribution in [3.8, 4) is 5.75 Å². The summed E-state index contributed by atoms with van der Waals surface area (Å²) in [6, 6.07) is 5.07. The zero-order valence-corrected chi connectivity index (χ0v) is 13.3. The van der Waals surface area contributed by atoms with Crippen LogP contribution in [-0.2, 0) is 4.79 Å². The fourth-order valence-corrected chi connectivity index (χ4v) is 4.07. The van der Waals surface area contributed by atoms with Gasteiger partial charge in [-0.25, -0.2) is 9.78 Å². The van der Waals surface area contributed by atoms with Gasteiger partial charge in [-0.15, -0.1) is 23.1 Å². The molecule has 3 N–H and O–H groups in total. The average Bonchev–Trinajstić information content (AvgIpc) is 3.13. The van der Waals surface area contributed by atoms with Gasteiger partial charge in [-0.05, 0) is 31.2 Å². The number of aliphatic carboxylic acids is 1. The molecule has 1 atom stereocenters. The minimum absolute atomic E-state index is 0.466. The molecule has 22 heavy (non-hydrogen) atoms. The molecule has 1 unspecified atom stereocenters. The molecule has 1 aromatic heterocycles. The van der Waals surface area contributed by atoms with E-state index in [-0.39, 0.29) is 0 Å². The third kappa shape index (κ3) is 3.23. The molecule has 0 aliphatic carbocycles. The summed E-state index contributed by atoms with van der Waals surface area (Å²) in [7, 11) is 0. The highest BCUT2D eigenvalue weighted by Gasteiger charge is 2.26. The minimum atomic E-state index is -0.890. The number of aromatic nitrogens is 1. The van der Waals surface area contributed by atoms with Crippen LogP contribution in [0.25, 0.3) is 10.2 Å². The van der Waals surface area contributed by atoms with E-state index in [9.17, 15) is 4.79 Å². The van der Waals surface area contributed by atoms with Crippen LogP contribution < -0.4 is 10.5 Å². The zero-order chi connectivity index (χ0) is 15.5. The summed E-state index contributed by atoms with van der Waals surface area (Å²) in [5.41, 5.74) is 6.31. The highest BCUT2D eigenvalue weighted by atomic mass is 32.2. The third-order valence-corrected chi connectivity index (χ3v) is 5.30. The van der Waals surface area contributed by atoms with Crippen molar-refractivity contribution in [1.82, 2.24) is 4.98 Å². The lowest BCUT2D eigenvalue weighted by atomic mass is 10.3. The van der Waals surface area contributed by atoms with E-state index in [1.165, 1.54) is 23.1 Å². The first kappa shape index (κ1) is 15.3. The Kier molecular flexibility index (Phi) is 4.60. The molecule has 0 saturated carbocycles. The Hall–Kier alpha value is -1.64. The van der Waals surface area contributed by atoms with Crippen molar-refractivity contribution in [2.24, 2.45) is 10.7 Å². The molecule has 1 aliphatic rings. The minimum Gasteiger partial charge on any atom is -0.493 e. The van der Waals surface area contributed by atoms with E-state index in [4.69, 9.17) is 15.6 Å². The molecule has 2 heterocycles. The fraction of sp³-hybridized carbons (Fsp3) is 0.357. The van der Waals surface area contributed by atoms with Crippen LogP contribution >= 0.6 is 23.1 Å². The Labute approximate surface area is 135 Å². The molecule has 8 heteroatoms. The van der Waals surface area contributed by atoms with E-state index >= 15 is 0 Å². The van der Waals surface area contributed by atoms with Crippen molar-refractivity contribution in [3.05, 3.63) is 23.2 Å². The Morgan fingerprint density at radius 1 is 1.50 bits per heavy atom. The van der Waals surface area contributed by atoms with Crippen molar-refractivity contribution in [2.45, 2.75) is 12.5 Å². The van der Waals surface area contributed by atoms with Gasteiger partial charge in [0.25, 0.3) is 0 Å². The number of ether oxygens (including phenoxy) is 1. The number of nitrogens with two attached hydrogens (primary N) is 1. The number of nitrogens with zero attached hydrogens (tertiary/aromatic N) is 2. The second kappa shape index (κ2) is 6.64. The number of carboxylic acids is 1. The number of hydrogen-bond donors (Lipinski definition) is 2. The van der Waals surface area contributed by atoms with Crippen LogP contribution in [0, 0.1) is 0 Å². The first-order valence-corrected chi connectivity index (χ1v) is 8.65. The normalized spacial score (nSPS) is 17.7. The number of fused-ring (bicyclic) bond motifs is 1. The summed E-state index contributed by atoms with van der Waals surface area (Å²) >= 11 is 2.94. The second-order valence-electron chi connectivity index (χ2n) is 4.74. The summed E-state index contributed by atoms with van der Waals surface area (Å²) in [5, 5.41) is 10.5. The van der Waals surface area contributed by atoms with Gasteiger partial charge < -0.3 is 15.6 Å². The van der Waals surface area contributed by atoms with Crippen LogP contribution in [-0.4, -0.2) is 46.0 Å². The number of hydrogen-bond acceptors (Lipinski definition) is 7. The molecule has 0 amide bonds. The van der Waals surface area contributed by atoms with E-state index in [1.54, 1.807) is 0 Å². The number of carboxylic acid groups (broad SMARTS) is 1. The van der Waals surface area contributed by atoms with Crippen molar-refractivity contribution in [3.63, 3.8) is 0 Å². The summed E-state index contributed by atoms with van der Waals surface area (Å²) in [6.07, 6.45) is 0.815. The monoisotopic (exact) mass is 337 g/mol. The number of carbonyl (C=O) groups is 1. The zero-order valence-electron chi connectivity index (χ0n) is 11.7. The summed E-state index contributed by atoms with van der Waals surface area (Å²) in [4.78, 5) is 19.7. The highest BCUT2D eigenvalue weighted by molar-refractivity contribution is 8.15. The highest BCUT2D eigenvalue weighted by Crippen LogP contribution is 2.31. The molecule has 2 aromatic rings. The molecule has 1 aromatic carbocycles. The van der Waals surface area contributed by atoms with Crippen LogP contribution in [0.4, 0.5) is 0 Å². The van der Waals surface area contributed by atoms with Crippen molar-refractivity contribution in [1.29, 1.82) is 0 Å². The number of benzene rings is 1. The average molecular weight is 337 g/mol. The molecular formula is C14H15N3O3S2. The molecule has 6 nitrogen and oxygen atoms in total. The number of aliphatic imine (C=N–C) groups is 1. The predicted octanol–water partition coefficient (Wildman–Crippen LogP) is 1.97. The molecule has 0 bridgehead atoms. The summed E-state index contributed by atoms with van der Waals surface area (Å²) in [6.45, 7) is 1.20. The maximum Gasteiger partial charge on any atom is 0.329 e. The maximum absolute atomic E-state index is 11.0. The Balaban J connectivity index is 1.81. The van der Waals surface area contributed by atoms with E-state index in [0.717, 1.165) is 27.4 Å². The number of rotatable bonds is 6. The summed E-state index contributed by atoms with van der Waals surface area (Å²) in [5.74, 6) is 0.369. The third-order valence-electron chi connectivity index (χ3n) is 3.10. The second-order valence-corrected chi connectivity index (χ2v) is 6.78. The van der Waals surface area contributed by atoms with Gasteiger partial charge in [0.1, 0.15) is 15.8 Å². The number of thioether (sulfide) groups is 1. The molecule has 0 radical (unpaired) electrons. The van der Waals surface area contributed by atoms with Gasteiger partial charge in [-0.2, -0.15) is 0 Å². The first-order chi connectivity index (χ1) is 10.7. The molecule has 0 saturated heterocycles. The van der Waals surface area contributed by atoms with Gasteiger partial charge in [-0.3, -0.25) is 4.99 Å². The smallest absolute Gasteiger partial charge is 0.329 e. The van der Waals surface area contributed by atoms with Crippen molar-refractivity contribution < 1.29 is 14.6 Å². The van der Waals surface area contributed by atoms with Crippen molar-refractivity contribution >= 4 is 44.3 Å². The van der Waals surface area contributed by atoms with Gasteiger partial charge in [0.05, 0.1) is 16.8 Å². The molecule has 3 rings (SSSR count). The quantitative estimate of drug-likeness (QED) is 0.782. The molecule has 0 fully saturated rings. The van der Waals surface area contributed by atoms with Crippen LogP contribution in [0.1, 0.15) is 11.4 Å². The van der Waals surface area contributed by atoms with E-state index < -0.39 is 12.0 Å². The van der Waals surface area contributed by atoms with E-state index in [0.29, 0.717) is 23.9 Å². The van der Waals surface area contributed by atoms with Gasteiger partial charge in [-0.1, -0.05) is 0 Å². The first-order valence-electron chi connectivity index (χ1n) is 6.84. The standard InChI is InChI=1S/C14H15N3O3S2/c15-4-1-5-20-8-2-3-9-11(6-8)22-13(16-9)12-17-10(7-21-12)14(18)19/h2-3,6,10H,1,4-5,7,15H2,(H,18,19). The fourth-order valence-electron chi connectivity index (χ4n) is 1.98. The van der Waals surface area contributed by atoms with Gasteiger partial charge in [0.2, 0.25) is 0 Å². The molecular weight excluding hydrogens is 322 g/mol. The van der Waals surface area contributed by atoms with Crippen molar-refractivity contribution in [2.75, 3.05) is 18.9 Å². The Morgan fingerprint density at radius 2 is 2.36 bits per heavy atom. The Bertz CT molecular complexity index is 729. The lowest BCUT2D eigenvalue weighted by molar-refractivity contribution is -0.137. The van der Waals surface area contributed by atoms with E-state index in [2.05, 4.69) is 9.98 Å². The maximum atomic E-state index is 11.0. The van der Waals surface area contributed by atoms with E-state index in [1.807, 2.05) is 18.2 Å². The van der Waals surface area contributed by atoms with Gasteiger partial charge in [0, 0.05) is 5.75 Å². The molecule has 116 valence electrons. The largest absolute Gasteiger partial charge is 0.493 e. The Morgan fingerprint density at radius 3 is 3.09 bits per heavy atom. The lowest BCUT2D eigenvalue weighted by Crippen LogP contribution is -2.17. The van der Waals surface area contributed by atoms with Crippen LogP contribution in [0.3, 0.4) is 0 Å². The van der Waals surface area contributed by atoms with Crippen LogP contribution in [0.15, 0.2) is 23.2 Å². The molecule has 0 spiro atoms. The van der Waals surface area contributed by atoms with Crippen LogP contribution in [0.2, 0.25) is 0 Å². The summed E-state index contributed by atoms with van der Waals surface area (Å²) < 4.78 is 6.63. The topological polar surface area (TPSA) is 97.8 Å². The lowest BCUT2D eigenvalue weighted by Gasteiger charge is -2.04. The van der Waals surface area contributed by atoms with Crippen LogP contribution in [0.5, 0.6) is 5.75 Å². The van der Waals surface area contributed by atoms with Gasteiger partial charge >= 0.3 is 5.97 Å². The predicted molar refractivity (Wildman–Crippen MR) is 89.2 cm³/mol. The SMILES string of the molecule is NCCCOc1ccc2nc(C3=NC(C(=O)O)CS3)sc2c1. The number of thiazole rings is 1.